The number of nitrogens with zero attached hydrogens (tertiary/aromatic N) is 6. The molecule has 11 heteroatoms. The highest BCUT2D eigenvalue weighted by molar-refractivity contribution is 6.02. The van der Waals surface area contributed by atoms with Crippen LogP contribution in [-0.2, 0) is 4.79 Å². The fraction of sp³-hybridized carbons (Fsp3) is 0.273. The molecule has 224 valence electrons. The quantitative estimate of drug-likeness (QED) is 0.208. The summed E-state index contributed by atoms with van der Waals surface area (Å²) >= 11 is 0. The van der Waals surface area contributed by atoms with Gasteiger partial charge >= 0.3 is 0 Å². The molecule has 1 saturated heterocycles. The molecule has 4 heterocycles. The second-order valence-electron chi connectivity index (χ2n) is 11.2. The number of hydrogen-bond donors (Lipinski definition) is 2. The van der Waals surface area contributed by atoms with E-state index in [0.717, 1.165) is 55.7 Å². The summed E-state index contributed by atoms with van der Waals surface area (Å²) in [5, 5.41) is 7.43. The summed E-state index contributed by atoms with van der Waals surface area (Å²) in [5.41, 5.74) is 5.67. The van der Waals surface area contributed by atoms with Crippen molar-refractivity contribution in [3.8, 4) is 28.5 Å². The first-order valence-electron chi connectivity index (χ1n) is 14.7. The van der Waals surface area contributed by atoms with Gasteiger partial charge in [0.1, 0.15) is 12.0 Å². The van der Waals surface area contributed by atoms with Crippen LogP contribution in [0.3, 0.4) is 0 Å². The summed E-state index contributed by atoms with van der Waals surface area (Å²) in [6.45, 7) is 7.12. The number of carbonyl (C=O) groups excluding carboxylic acids is 1. The number of oxazole rings is 1. The molecule has 1 aliphatic carbocycles. The molecule has 2 aromatic carbocycles. The normalized spacial score (nSPS) is 15.4. The molecular weight excluding hydrogens is 556 g/mol. The van der Waals surface area contributed by atoms with Crippen molar-refractivity contribution in [1.82, 2.24) is 24.4 Å². The maximum Gasteiger partial charge on any atom is 0.247 e. The van der Waals surface area contributed by atoms with Gasteiger partial charge in [0.05, 0.1) is 41.6 Å². The Kier molecular flexibility index (Phi) is 7.23. The number of fused-ring (bicyclic) bond motifs is 1. The molecule has 0 radical (unpaired) electrons. The first-order chi connectivity index (χ1) is 21.5. The summed E-state index contributed by atoms with van der Waals surface area (Å²) in [7, 11) is 3.73. The van der Waals surface area contributed by atoms with Gasteiger partial charge in [0.15, 0.2) is 0 Å². The van der Waals surface area contributed by atoms with E-state index in [-0.39, 0.29) is 5.91 Å². The number of para-hydroxylation sites is 1. The summed E-state index contributed by atoms with van der Waals surface area (Å²) in [5.74, 6) is 1.11. The van der Waals surface area contributed by atoms with Crippen LogP contribution in [0.1, 0.15) is 18.9 Å². The molecular formula is C33H34N8O3. The maximum atomic E-state index is 12.5. The highest BCUT2D eigenvalue weighted by atomic mass is 16.5. The van der Waals surface area contributed by atoms with Crippen LogP contribution in [0.15, 0.2) is 78.3 Å². The lowest BCUT2D eigenvalue weighted by Crippen LogP contribution is -2.44. The van der Waals surface area contributed by atoms with Crippen LogP contribution in [0.5, 0.6) is 5.75 Å². The van der Waals surface area contributed by atoms with Gasteiger partial charge in [0.2, 0.25) is 17.7 Å². The third kappa shape index (κ3) is 5.26. The van der Waals surface area contributed by atoms with E-state index in [2.05, 4.69) is 73.0 Å². The minimum Gasteiger partial charge on any atom is -0.494 e. The summed E-state index contributed by atoms with van der Waals surface area (Å²) in [6, 6.07) is 12.7. The lowest BCUT2D eigenvalue weighted by Gasteiger charge is -2.35. The number of aromatic nitrogens is 4. The number of nitrogens with one attached hydrogen (secondary N) is 2. The smallest absolute Gasteiger partial charge is 0.247 e. The lowest BCUT2D eigenvalue weighted by atomic mass is 10.1. The van der Waals surface area contributed by atoms with E-state index >= 15 is 0 Å². The topological polar surface area (TPSA) is 114 Å². The van der Waals surface area contributed by atoms with Crippen LogP contribution in [0.4, 0.5) is 23.0 Å². The van der Waals surface area contributed by atoms with Crippen molar-refractivity contribution in [2.45, 2.75) is 18.9 Å². The zero-order valence-electron chi connectivity index (χ0n) is 24.8. The van der Waals surface area contributed by atoms with Gasteiger partial charge in [-0.1, -0.05) is 24.8 Å². The van der Waals surface area contributed by atoms with Crippen molar-refractivity contribution >= 4 is 39.8 Å². The molecule has 0 spiro atoms. The Morgan fingerprint density at radius 2 is 1.91 bits per heavy atom. The average Bonchev–Trinajstić information content (AvgIpc) is 3.59. The first kappa shape index (κ1) is 27.7. The Balaban J connectivity index is 1.32. The van der Waals surface area contributed by atoms with Gasteiger partial charge in [0.25, 0.3) is 0 Å². The van der Waals surface area contributed by atoms with Crippen molar-refractivity contribution in [3.05, 3.63) is 73.9 Å². The monoisotopic (exact) mass is 590 g/mol. The Hall–Kier alpha value is -5.16. The standard InChI is InChI=1S/C33H34N8O3/c1-4-30(42)36-25-17-26(29(43-3)18-28(25)40-14-12-39(2)13-15-40)37-33-35-19-23(32-34-11-16-44-32)31(38-33)24-20-41(21-9-10-21)27-8-6-5-7-22(24)27/h4-8,11,16-21H,1,9-10,12-15H2,2-3H3,(H,36,42)(H,35,37,38). The Labute approximate surface area is 255 Å². The largest absolute Gasteiger partial charge is 0.494 e. The zero-order chi connectivity index (χ0) is 30.2. The van der Waals surface area contributed by atoms with Crippen LogP contribution in [0, 0.1) is 0 Å². The Morgan fingerprint density at radius 1 is 1.09 bits per heavy atom. The van der Waals surface area contributed by atoms with E-state index in [1.54, 1.807) is 25.8 Å². The lowest BCUT2D eigenvalue weighted by molar-refractivity contribution is -0.111. The van der Waals surface area contributed by atoms with E-state index in [4.69, 9.17) is 14.1 Å². The molecule has 0 atom stereocenters. The average molecular weight is 591 g/mol. The fourth-order valence-electron chi connectivity index (χ4n) is 5.76. The fourth-order valence-corrected chi connectivity index (χ4v) is 5.76. The molecule has 1 amide bonds. The van der Waals surface area contributed by atoms with E-state index in [1.807, 2.05) is 18.2 Å². The van der Waals surface area contributed by atoms with Crippen molar-refractivity contribution in [2.75, 3.05) is 55.9 Å². The van der Waals surface area contributed by atoms with E-state index in [9.17, 15) is 4.79 Å². The van der Waals surface area contributed by atoms with E-state index in [0.29, 0.717) is 46.3 Å². The molecule has 0 bridgehead atoms. The van der Waals surface area contributed by atoms with Crippen LogP contribution in [-0.4, -0.2) is 70.7 Å². The van der Waals surface area contributed by atoms with Gasteiger partial charge in [-0.2, -0.15) is 0 Å². The van der Waals surface area contributed by atoms with Gasteiger partial charge in [0, 0.05) is 67.1 Å². The third-order valence-electron chi connectivity index (χ3n) is 8.24. The molecule has 2 fully saturated rings. The number of amides is 1. The molecule has 7 rings (SSSR count). The number of carbonyl (C=O) groups is 1. The molecule has 2 aliphatic rings. The maximum absolute atomic E-state index is 12.5. The van der Waals surface area contributed by atoms with Crippen molar-refractivity contribution in [3.63, 3.8) is 0 Å². The Bertz CT molecular complexity index is 1840. The van der Waals surface area contributed by atoms with Crippen LogP contribution in [0.2, 0.25) is 0 Å². The van der Waals surface area contributed by atoms with E-state index in [1.165, 1.54) is 11.6 Å². The number of likely N-dealkylation sites (N-methyl/N-ethyl adjacent to an activating group) is 1. The number of anilines is 4. The van der Waals surface area contributed by atoms with Crippen molar-refractivity contribution in [2.24, 2.45) is 0 Å². The molecule has 0 unspecified atom stereocenters. The minimum absolute atomic E-state index is 0.294. The molecule has 44 heavy (non-hydrogen) atoms. The predicted octanol–water partition coefficient (Wildman–Crippen LogP) is 5.72. The third-order valence-corrected chi connectivity index (χ3v) is 8.24. The molecule has 1 saturated carbocycles. The zero-order valence-corrected chi connectivity index (χ0v) is 24.8. The van der Waals surface area contributed by atoms with Crippen LogP contribution < -0.4 is 20.3 Å². The van der Waals surface area contributed by atoms with Gasteiger partial charge in [-0.15, -0.1) is 0 Å². The highest BCUT2D eigenvalue weighted by Gasteiger charge is 2.28. The number of benzene rings is 2. The molecule has 2 N–H and O–H groups in total. The number of hydrogen-bond acceptors (Lipinski definition) is 9. The second kappa shape index (κ2) is 11.5. The highest BCUT2D eigenvalue weighted by Crippen LogP contribution is 2.43. The summed E-state index contributed by atoms with van der Waals surface area (Å²) < 4.78 is 13.9. The van der Waals surface area contributed by atoms with Gasteiger partial charge in [-0.25, -0.2) is 15.0 Å². The van der Waals surface area contributed by atoms with Crippen molar-refractivity contribution in [1.29, 1.82) is 0 Å². The first-order valence-corrected chi connectivity index (χ1v) is 14.7. The van der Waals surface area contributed by atoms with Gasteiger partial charge < -0.3 is 34.2 Å². The molecule has 3 aromatic heterocycles. The molecule has 11 nitrogen and oxygen atoms in total. The van der Waals surface area contributed by atoms with Crippen LogP contribution >= 0.6 is 0 Å². The van der Waals surface area contributed by atoms with Crippen LogP contribution in [0.25, 0.3) is 33.6 Å². The molecule has 1 aliphatic heterocycles. The number of piperazine rings is 1. The van der Waals surface area contributed by atoms with E-state index < -0.39 is 0 Å². The summed E-state index contributed by atoms with van der Waals surface area (Å²) in [4.78, 5) is 31.1. The second-order valence-corrected chi connectivity index (χ2v) is 11.2. The molecule has 5 aromatic rings. The summed E-state index contributed by atoms with van der Waals surface area (Å²) in [6.07, 6.45) is 10.7. The number of ether oxygens (including phenoxy) is 1. The predicted molar refractivity (Wildman–Crippen MR) is 172 cm³/mol. The SMILES string of the molecule is C=CC(=O)Nc1cc(Nc2ncc(-c3ncco3)c(-c3cn(C4CC4)c4ccccc34)n2)c(OC)cc1N1CCN(C)CC1. The number of methoxy groups -OCH3 is 1. The Morgan fingerprint density at radius 3 is 2.64 bits per heavy atom. The van der Waals surface area contributed by atoms with Gasteiger partial charge in [-0.05, 0) is 38.1 Å². The van der Waals surface area contributed by atoms with Crippen molar-refractivity contribution < 1.29 is 13.9 Å². The number of rotatable bonds is 9. The minimum atomic E-state index is -0.294. The van der Waals surface area contributed by atoms with Gasteiger partial charge in [-0.3, -0.25) is 4.79 Å².